The Morgan fingerprint density at radius 3 is 2.00 bits per heavy atom. The highest BCUT2D eigenvalue weighted by molar-refractivity contribution is 6.46. The second-order valence-corrected chi connectivity index (χ2v) is 1.96. The quantitative estimate of drug-likeness (QED) is 0.365. The smallest absolute Gasteiger partial charge is 0.0740 e. The molecule has 0 N–H and O–H groups in total. The number of hydrogen-bond donors (Lipinski definition) is 0. The standard InChI is InChI=1S/C3H4Si/c1-2-4-3-1/h1-2H,3H2. The van der Waals surface area contributed by atoms with Crippen LogP contribution in [0.5, 0.6) is 0 Å². The zero-order valence-corrected chi connectivity index (χ0v) is 3.36. The van der Waals surface area contributed by atoms with Crippen molar-refractivity contribution in [3.05, 3.63) is 11.8 Å². The van der Waals surface area contributed by atoms with Gasteiger partial charge < -0.3 is 0 Å². The van der Waals surface area contributed by atoms with Crippen LogP contribution in [0.1, 0.15) is 0 Å². The van der Waals surface area contributed by atoms with Gasteiger partial charge in [-0.3, -0.25) is 0 Å². The molecule has 0 bridgehead atoms. The first-order chi connectivity index (χ1) is 2.00. The lowest BCUT2D eigenvalue weighted by Crippen LogP contribution is -1.87. The maximum atomic E-state index is 2.21. The summed E-state index contributed by atoms with van der Waals surface area (Å²) in [6.45, 7) is 0. The van der Waals surface area contributed by atoms with Crippen molar-refractivity contribution in [3.8, 4) is 0 Å². The lowest BCUT2D eigenvalue weighted by atomic mass is 10.7. The molecule has 0 aromatic rings. The number of allylic oxidation sites excluding steroid dienone is 1. The van der Waals surface area contributed by atoms with E-state index in [0.717, 1.165) is 9.52 Å². The van der Waals surface area contributed by atoms with Crippen molar-refractivity contribution < 1.29 is 0 Å². The third-order valence-corrected chi connectivity index (χ3v) is 1.41. The largest absolute Gasteiger partial charge is 0.103 e. The summed E-state index contributed by atoms with van der Waals surface area (Å²) in [6, 6.07) is 1.35. The molecule has 1 aliphatic rings. The van der Waals surface area contributed by atoms with Crippen molar-refractivity contribution in [1.82, 2.24) is 0 Å². The van der Waals surface area contributed by atoms with E-state index in [-0.39, 0.29) is 0 Å². The van der Waals surface area contributed by atoms with Crippen LogP contribution in [0.25, 0.3) is 0 Å². The topological polar surface area (TPSA) is 0 Å². The van der Waals surface area contributed by atoms with Gasteiger partial charge in [0.15, 0.2) is 0 Å². The van der Waals surface area contributed by atoms with Crippen molar-refractivity contribution >= 4 is 9.52 Å². The van der Waals surface area contributed by atoms with E-state index in [0.29, 0.717) is 0 Å². The Kier molecular flexibility index (Phi) is 0.399. The minimum atomic E-state index is 1.14. The van der Waals surface area contributed by atoms with Crippen molar-refractivity contribution in [2.75, 3.05) is 0 Å². The van der Waals surface area contributed by atoms with Crippen LogP contribution < -0.4 is 0 Å². The third kappa shape index (κ3) is 0.114. The fourth-order valence-corrected chi connectivity index (χ4v) is 0.354. The normalized spacial score (nSPS) is 20.0. The van der Waals surface area contributed by atoms with Gasteiger partial charge in [-0.25, -0.2) is 0 Å². The molecule has 0 amide bonds. The Morgan fingerprint density at radius 2 is 2.00 bits per heavy atom. The fraction of sp³-hybridized carbons (Fsp3) is 0.333. The van der Waals surface area contributed by atoms with Gasteiger partial charge in [0.25, 0.3) is 0 Å². The van der Waals surface area contributed by atoms with Crippen molar-refractivity contribution in [3.63, 3.8) is 0 Å². The summed E-state index contributed by atoms with van der Waals surface area (Å²) in [6.07, 6.45) is 2.19. The van der Waals surface area contributed by atoms with E-state index in [9.17, 15) is 0 Å². The molecule has 0 aromatic heterocycles. The van der Waals surface area contributed by atoms with E-state index >= 15 is 0 Å². The van der Waals surface area contributed by atoms with E-state index in [4.69, 9.17) is 0 Å². The molecule has 1 heterocycles. The van der Waals surface area contributed by atoms with E-state index in [1.165, 1.54) is 6.04 Å². The molecule has 0 unspecified atom stereocenters. The third-order valence-electron chi connectivity index (χ3n) is 0.471. The Labute approximate surface area is 28.3 Å². The van der Waals surface area contributed by atoms with E-state index < -0.39 is 0 Å². The predicted molar refractivity (Wildman–Crippen MR) is 19.7 cm³/mol. The molecule has 0 aliphatic carbocycles. The zero-order chi connectivity index (χ0) is 2.83. The summed E-state index contributed by atoms with van der Waals surface area (Å²) in [5, 5.41) is 0. The molecular formula is C3H4Si. The molecular weight excluding hydrogens is 64.1 g/mol. The van der Waals surface area contributed by atoms with Crippen LogP contribution in [0.4, 0.5) is 0 Å². The maximum absolute atomic E-state index is 2.21. The van der Waals surface area contributed by atoms with Crippen LogP contribution in [0.15, 0.2) is 11.8 Å². The molecule has 0 fully saturated rings. The lowest BCUT2D eigenvalue weighted by Gasteiger charge is -1.90. The van der Waals surface area contributed by atoms with Crippen LogP contribution >= 0.6 is 0 Å². The Balaban J connectivity index is 2.47. The van der Waals surface area contributed by atoms with Crippen LogP contribution in [0.2, 0.25) is 6.04 Å². The van der Waals surface area contributed by atoms with Crippen LogP contribution in [0, 0.1) is 0 Å². The molecule has 1 heteroatoms. The number of rotatable bonds is 0. The van der Waals surface area contributed by atoms with Gasteiger partial charge in [-0.05, 0) is 6.04 Å². The van der Waals surface area contributed by atoms with Gasteiger partial charge in [0.2, 0.25) is 0 Å². The molecule has 0 atom stereocenters. The van der Waals surface area contributed by atoms with Gasteiger partial charge in [-0.1, -0.05) is 6.08 Å². The first-order valence-electron chi connectivity index (χ1n) is 1.38. The molecule has 20 valence electrons. The van der Waals surface area contributed by atoms with E-state index in [1.807, 2.05) is 0 Å². The fourth-order valence-electron chi connectivity index (χ4n) is 0.118. The molecule has 0 aromatic carbocycles. The highest BCUT2D eigenvalue weighted by Crippen LogP contribution is 1.91. The Hall–Kier alpha value is -0.0431. The van der Waals surface area contributed by atoms with Crippen LogP contribution in [-0.4, -0.2) is 9.52 Å². The van der Waals surface area contributed by atoms with Crippen LogP contribution in [-0.2, 0) is 0 Å². The summed E-state index contributed by atoms with van der Waals surface area (Å²) < 4.78 is 0. The Morgan fingerprint density at radius 1 is 1.75 bits per heavy atom. The van der Waals surface area contributed by atoms with Crippen molar-refractivity contribution in [1.29, 1.82) is 0 Å². The predicted octanol–water partition coefficient (Wildman–Crippen LogP) is 0.636. The van der Waals surface area contributed by atoms with Gasteiger partial charge in [-0.15, -0.1) is 5.70 Å². The molecule has 0 saturated heterocycles. The van der Waals surface area contributed by atoms with Gasteiger partial charge >= 0.3 is 0 Å². The van der Waals surface area contributed by atoms with Crippen molar-refractivity contribution in [2.45, 2.75) is 6.04 Å². The lowest BCUT2D eigenvalue weighted by molar-refractivity contribution is 1.64. The summed E-state index contributed by atoms with van der Waals surface area (Å²) >= 11 is 0. The second kappa shape index (κ2) is 0.723. The monoisotopic (exact) mass is 68.0 g/mol. The minimum Gasteiger partial charge on any atom is -0.103 e. The average molecular weight is 68.2 g/mol. The zero-order valence-electron chi connectivity index (χ0n) is 2.36. The highest BCUT2D eigenvalue weighted by Gasteiger charge is 1.84. The average Bonchev–Trinajstić information content (AvgIpc) is 0.722. The van der Waals surface area contributed by atoms with Gasteiger partial charge in [0, 0.05) is 0 Å². The van der Waals surface area contributed by atoms with Crippen molar-refractivity contribution in [2.24, 2.45) is 0 Å². The molecule has 0 spiro atoms. The van der Waals surface area contributed by atoms with E-state index in [1.54, 1.807) is 0 Å². The maximum Gasteiger partial charge on any atom is 0.0740 e. The first kappa shape index (κ1) is 2.21. The summed E-state index contributed by atoms with van der Waals surface area (Å²) in [4.78, 5) is 0. The summed E-state index contributed by atoms with van der Waals surface area (Å²) in [7, 11) is 1.14. The van der Waals surface area contributed by atoms with Gasteiger partial charge in [0.05, 0.1) is 9.52 Å². The molecule has 2 radical (unpaired) electrons. The molecule has 0 nitrogen and oxygen atoms in total. The van der Waals surface area contributed by atoms with Gasteiger partial charge in [-0.2, -0.15) is 0 Å². The van der Waals surface area contributed by atoms with Crippen LogP contribution in [0.3, 0.4) is 0 Å². The molecule has 1 aliphatic heterocycles. The summed E-state index contributed by atoms with van der Waals surface area (Å²) in [5.41, 5.74) is 2.21. The number of hydrogen-bond acceptors (Lipinski definition) is 0. The highest BCUT2D eigenvalue weighted by atomic mass is 28.2. The Bertz CT molecular complexity index is 32.5. The summed E-state index contributed by atoms with van der Waals surface area (Å²) in [5.74, 6) is 0. The molecule has 1 rings (SSSR count). The first-order valence-corrected chi connectivity index (χ1v) is 2.67. The van der Waals surface area contributed by atoms with Gasteiger partial charge in [0.1, 0.15) is 0 Å². The minimum absolute atomic E-state index is 1.14. The molecule has 0 saturated carbocycles. The van der Waals surface area contributed by atoms with E-state index in [2.05, 4.69) is 11.8 Å². The molecule has 4 heavy (non-hydrogen) atoms. The second-order valence-electron chi connectivity index (χ2n) is 0.811. The SMILES string of the molecule is C1=C[Si]C1.